The van der Waals surface area contributed by atoms with E-state index in [2.05, 4.69) is 15.3 Å². The highest BCUT2D eigenvalue weighted by molar-refractivity contribution is 6.33. The van der Waals surface area contributed by atoms with Crippen molar-refractivity contribution in [2.75, 3.05) is 5.32 Å². The molecular formula is C20H19ClN4O3. The summed E-state index contributed by atoms with van der Waals surface area (Å²) in [5.74, 6) is -0.534. The number of fused-ring (bicyclic) bond motifs is 1. The van der Waals surface area contributed by atoms with Gasteiger partial charge in [0.2, 0.25) is 5.43 Å². The summed E-state index contributed by atoms with van der Waals surface area (Å²) in [6, 6.07) is 5.00. The second-order valence-corrected chi connectivity index (χ2v) is 7.33. The van der Waals surface area contributed by atoms with E-state index in [4.69, 9.17) is 11.6 Å². The monoisotopic (exact) mass is 398 g/mol. The molecule has 0 saturated heterocycles. The number of anilines is 1. The van der Waals surface area contributed by atoms with Crippen LogP contribution in [0.25, 0.3) is 11.0 Å². The fraction of sp³-hybridized carbons (Fsp3) is 0.300. The Bertz CT molecular complexity index is 1090. The lowest BCUT2D eigenvalue weighted by Crippen LogP contribution is -2.27. The van der Waals surface area contributed by atoms with E-state index in [9.17, 15) is 14.7 Å². The fourth-order valence-corrected chi connectivity index (χ4v) is 3.79. The highest BCUT2D eigenvalue weighted by atomic mass is 35.5. The Morgan fingerprint density at radius 3 is 2.75 bits per heavy atom. The van der Waals surface area contributed by atoms with Crippen LogP contribution in [0.3, 0.4) is 0 Å². The Morgan fingerprint density at radius 1 is 1.21 bits per heavy atom. The smallest absolute Gasteiger partial charge is 0.261 e. The Morgan fingerprint density at radius 2 is 2.00 bits per heavy atom. The van der Waals surface area contributed by atoms with Crippen LogP contribution >= 0.6 is 11.6 Å². The molecule has 3 aromatic heterocycles. The van der Waals surface area contributed by atoms with Gasteiger partial charge in [-0.1, -0.05) is 11.6 Å². The van der Waals surface area contributed by atoms with Crippen LogP contribution in [0, 0.1) is 0 Å². The summed E-state index contributed by atoms with van der Waals surface area (Å²) >= 11 is 6.06. The minimum absolute atomic E-state index is 0.0273. The van der Waals surface area contributed by atoms with Gasteiger partial charge in [0.25, 0.3) is 5.91 Å². The summed E-state index contributed by atoms with van der Waals surface area (Å²) in [6.45, 7) is 0. The number of hydrogen-bond acceptors (Lipinski definition) is 5. The van der Waals surface area contributed by atoms with Crippen molar-refractivity contribution in [3.63, 3.8) is 0 Å². The third-order valence-corrected chi connectivity index (χ3v) is 5.41. The topological polar surface area (TPSA) is 97.1 Å². The first kappa shape index (κ1) is 18.6. The largest absolute Gasteiger partial charge is 0.393 e. The van der Waals surface area contributed by atoms with E-state index >= 15 is 0 Å². The number of aliphatic hydroxyl groups excluding tert-OH is 1. The zero-order valence-electron chi connectivity index (χ0n) is 15.0. The van der Waals surface area contributed by atoms with Gasteiger partial charge < -0.3 is 15.0 Å². The van der Waals surface area contributed by atoms with Gasteiger partial charge >= 0.3 is 0 Å². The molecule has 0 aromatic carbocycles. The number of carbonyl (C=O) groups is 1. The maximum absolute atomic E-state index is 12.9. The molecule has 3 heterocycles. The first-order chi connectivity index (χ1) is 13.5. The van der Waals surface area contributed by atoms with Crippen molar-refractivity contribution >= 4 is 34.2 Å². The molecule has 1 fully saturated rings. The average molecular weight is 399 g/mol. The number of aromatic nitrogens is 3. The molecule has 0 spiro atoms. The molecule has 0 aliphatic heterocycles. The van der Waals surface area contributed by atoms with Crippen LogP contribution in [0.15, 0.2) is 47.8 Å². The molecule has 2 N–H and O–H groups in total. The van der Waals surface area contributed by atoms with E-state index in [1.54, 1.807) is 30.6 Å². The predicted octanol–water partition coefficient (Wildman–Crippen LogP) is 3.17. The number of rotatable bonds is 3. The molecule has 1 amide bonds. The van der Waals surface area contributed by atoms with Gasteiger partial charge in [0.05, 0.1) is 22.2 Å². The third-order valence-electron chi connectivity index (χ3n) is 5.11. The molecule has 4 rings (SSSR count). The van der Waals surface area contributed by atoms with Crippen LogP contribution in [-0.2, 0) is 0 Å². The molecule has 3 aromatic rings. The predicted molar refractivity (Wildman–Crippen MR) is 107 cm³/mol. The first-order valence-corrected chi connectivity index (χ1v) is 9.51. The second-order valence-electron chi connectivity index (χ2n) is 6.93. The molecule has 8 heteroatoms. The van der Waals surface area contributed by atoms with Crippen LogP contribution < -0.4 is 10.7 Å². The van der Waals surface area contributed by atoms with Gasteiger partial charge in [-0.3, -0.25) is 14.6 Å². The first-order valence-electron chi connectivity index (χ1n) is 9.13. The Kier molecular flexibility index (Phi) is 5.11. The maximum Gasteiger partial charge on any atom is 0.261 e. The number of nitrogens with one attached hydrogen (secondary N) is 1. The van der Waals surface area contributed by atoms with Gasteiger partial charge in [-0.25, -0.2) is 4.98 Å². The SMILES string of the molecule is O=C(Nc1ccncc1Cl)c1cn([C@H]2CC[C@H](O)CC2)c2ncccc2c1=O. The number of hydrogen-bond donors (Lipinski definition) is 2. The van der Waals surface area contributed by atoms with Gasteiger partial charge in [-0.05, 0) is 43.9 Å². The summed E-state index contributed by atoms with van der Waals surface area (Å²) in [7, 11) is 0. The molecule has 1 aliphatic carbocycles. The third kappa shape index (κ3) is 3.50. The lowest BCUT2D eigenvalue weighted by atomic mass is 9.92. The number of amides is 1. The highest BCUT2D eigenvalue weighted by Gasteiger charge is 2.24. The molecular weight excluding hydrogens is 380 g/mol. The van der Waals surface area contributed by atoms with Gasteiger partial charge in [0.1, 0.15) is 11.2 Å². The van der Waals surface area contributed by atoms with E-state index in [0.29, 0.717) is 34.6 Å². The molecule has 0 atom stereocenters. The van der Waals surface area contributed by atoms with Crippen molar-refractivity contribution < 1.29 is 9.90 Å². The van der Waals surface area contributed by atoms with Crippen molar-refractivity contribution in [2.24, 2.45) is 0 Å². The van der Waals surface area contributed by atoms with Gasteiger partial charge in [0.15, 0.2) is 0 Å². The molecule has 1 aliphatic rings. The van der Waals surface area contributed by atoms with Crippen LogP contribution in [0.5, 0.6) is 0 Å². The van der Waals surface area contributed by atoms with E-state index in [0.717, 1.165) is 12.8 Å². The number of carbonyl (C=O) groups excluding carboxylic acids is 1. The molecule has 144 valence electrons. The molecule has 28 heavy (non-hydrogen) atoms. The van der Waals surface area contributed by atoms with Crippen LogP contribution in [0.4, 0.5) is 5.69 Å². The maximum atomic E-state index is 12.9. The van der Waals surface area contributed by atoms with Crippen molar-refractivity contribution in [1.29, 1.82) is 0 Å². The molecule has 0 radical (unpaired) electrons. The van der Waals surface area contributed by atoms with Crippen molar-refractivity contribution in [2.45, 2.75) is 37.8 Å². The standard InChI is InChI=1S/C20H19ClN4O3/c21-16-10-22-9-7-17(16)24-20(28)15-11-25(12-3-5-13(26)6-4-12)19-14(18(15)27)2-1-8-23-19/h1-2,7-13,26H,3-6H2,(H,22,24,28)/t12-,13-. The Hall–Kier alpha value is -2.77. The quantitative estimate of drug-likeness (QED) is 0.706. The summed E-state index contributed by atoms with van der Waals surface area (Å²) < 4.78 is 1.89. The van der Waals surface area contributed by atoms with Crippen molar-refractivity contribution in [1.82, 2.24) is 14.5 Å². The number of aliphatic hydroxyl groups is 1. The van der Waals surface area contributed by atoms with E-state index in [-0.39, 0.29) is 23.1 Å². The zero-order chi connectivity index (χ0) is 19.7. The zero-order valence-corrected chi connectivity index (χ0v) is 15.8. The minimum atomic E-state index is -0.534. The van der Waals surface area contributed by atoms with E-state index in [1.165, 1.54) is 12.4 Å². The van der Waals surface area contributed by atoms with Crippen molar-refractivity contribution in [3.8, 4) is 0 Å². The molecule has 0 unspecified atom stereocenters. The number of halogens is 1. The molecule has 0 bridgehead atoms. The fourth-order valence-electron chi connectivity index (χ4n) is 3.63. The van der Waals surface area contributed by atoms with Crippen LogP contribution in [-0.4, -0.2) is 31.7 Å². The summed E-state index contributed by atoms with van der Waals surface area (Å²) in [6.07, 6.45) is 8.71. The lowest BCUT2D eigenvalue weighted by Gasteiger charge is -2.28. The Balaban J connectivity index is 1.78. The minimum Gasteiger partial charge on any atom is -0.393 e. The lowest BCUT2D eigenvalue weighted by molar-refractivity contribution is 0.102. The summed E-state index contributed by atoms with van der Waals surface area (Å²) in [5.41, 5.74) is 0.587. The van der Waals surface area contributed by atoms with Gasteiger partial charge in [0, 0.05) is 30.8 Å². The van der Waals surface area contributed by atoms with Gasteiger partial charge in [-0.15, -0.1) is 0 Å². The van der Waals surface area contributed by atoms with Crippen LogP contribution in [0.2, 0.25) is 5.02 Å². The second kappa shape index (κ2) is 7.69. The average Bonchev–Trinajstić information content (AvgIpc) is 2.71. The normalized spacial score (nSPS) is 19.5. The van der Waals surface area contributed by atoms with E-state index in [1.807, 2.05) is 4.57 Å². The van der Waals surface area contributed by atoms with Gasteiger partial charge in [-0.2, -0.15) is 0 Å². The van der Waals surface area contributed by atoms with E-state index < -0.39 is 5.91 Å². The number of pyridine rings is 3. The van der Waals surface area contributed by atoms with Crippen molar-refractivity contribution in [3.05, 3.63) is 63.8 Å². The summed E-state index contributed by atoms with van der Waals surface area (Å²) in [4.78, 5) is 34.0. The summed E-state index contributed by atoms with van der Waals surface area (Å²) in [5, 5.41) is 13.2. The Labute approximate surface area is 166 Å². The van der Waals surface area contributed by atoms with Crippen LogP contribution in [0.1, 0.15) is 42.1 Å². The number of nitrogens with zero attached hydrogens (tertiary/aromatic N) is 3. The molecule has 7 nitrogen and oxygen atoms in total. The molecule has 1 saturated carbocycles. The highest BCUT2D eigenvalue weighted by Crippen LogP contribution is 2.30.